The lowest BCUT2D eigenvalue weighted by Crippen LogP contribution is -2.43. The fourth-order valence-corrected chi connectivity index (χ4v) is 3.11. The summed E-state index contributed by atoms with van der Waals surface area (Å²) < 4.78 is 4.99. The van der Waals surface area contributed by atoms with E-state index in [-0.39, 0.29) is 5.91 Å². The summed E-state index contributed by atoms with van der Waals surface area (Å²) in [6, 6.07) is 8.10. The Bertz CT molecular complexity index is 475. The van der Waals surface area contributed by atoms with Gasteiger partial charge in [-0.2, -0.15) is 0 Å². The average Bonchev–Trinajstić information content (AvgIpc) is 3.04. The molecule has 0 bridgehead atoms. The zero-order valence-corrected chi connectivity index (χ0v) is 13.9. The van der Waals surface area contributed by atoms with Crippen LogP contribution in [0, 0.1) is 0 Å². The number of nitrogens with one attached hydrogen (secondary N) is 1. The third-order valence-electron chi connectivity index (χ3n) is 4.14. The molecule has 0 heterocycles. The zero-order chi connectivity index (χ0) is 15.8. The van der Waals surface area contributed by atoms with Crippen LogP contribution in [0.5, 0.6) is 0 Å². The maximum atomic E-state index is 12.6. The van der Waals surface area contributed by atoms with Crippen molar-refractivity contribution in [3.8, 4) is 0 Å². The van der Waals surface area contributed by atoms with Crippen molar-refractivity contribution in [2.45, 2.75) is 38.3 Å². The van der Waals surface area contributed by atoms with Crippen LogP contribution in [0.3, 0.4) is 0 Å². The summed E-state index contributed by atoms with van der Waals surface area (Å²) >= 11 is 6.26. The number of carbonyl (C=O) groups is 1. The van der Waals surface area contributed by atoms with Crippen LogP contribution >= 0.6 is 11.6 Å². The highest BCUT2D eigenvalue weighted by molar-refractivity contribution is 6.31. The predicted molar refractivity (Wildman–Crippen MR) is 89.0 cm³/mol. The van der Waals surface area contributed by atoms with Crippen LogP contribution < -0.4 is 5.32 Å². The number of carbonyl (C=O) groups excluding carboxylic acids is 1. The Balaban J connectivity index is 1.99. The van der Waals surface area contributed by atoms with Crippen LogP contribution in [0.25, 0.3) is 0 Å². The van der Waals surface area contributed by atoms with Gasteiger partial charge in [0.05, 0.1) is 13.2 Å². The first-order valence-corrected chi connectivity index (χ1v) is 8.32. The molecular formula is C17H25ClN2O2. The lowest BCUT2D eigenvalue weighted by atomic mass is 10.1. The molecule has 122 valence electrons. The van der Waals surface area contributed by atoms with E-state index in [0.717, 1.165) is 23.4 Å². The third kappa shape index (κ3) is 4.97. The monoisotopic (exact) mass is 324 g/mol. The number of benzene rings is 1. The van der Waals surface area contributed by atoms with Crippen molar-refractivity contribution in [2.75, 3.05) is 26.8 Å². The number of methoxy groups -OCH3 is 1. The van der Waals surface area contributed by atoms with E-state index in [1.165, 1.54) is 12.8 Å². The summed E-state index contributed by atoms with van der Waals surface area (Å²) in [5.41, 5.74) is 1.02. The van der Waals surface area contributed by atoms with Gasteiger partial charge in [-0.25, -0.2) is 0 Å². The van der Waals surface area contributed by atoms with Crippen LogP contribution in [0.4, 0.5) is 0 Å². The molecule has 22 heavy (non-hydrogen) atoms. The summed E-state index contributed by atoms with van der Waals surface area (Å²) in [5, 5.41) is 3.87. The molecule has 1 N–H and O–H groups in total. The summed E-state index contributed by atoms with van der Waals surface area (Å²) in [6.07, 6.45) is 4.59. The number of amides is 1. The molecule has 4 nitrogen and oxygen atoms in total. The molecule has 0 radical (unpaired) electrons. The minimum Gasteiger partial charge on any atom is -0.383 e. The Morgan fingerprint density at radius 1 is 1.36 bits per heavy atom. The first-order valence-electron chi connectivity index (χ1n) is 7.95. The molecule has 1 aliphatic rings. The van der Waals surface area contributed by atoms with Gasteiger partial charge in [0.1, 0.15) is 0 Å². The van der Waals surface area contributed by atoms with Crippen LogP contribution in [0.1, 0.15) is 31.2 Å². The van der Waals surface area contributed by atoms with Crippen LogP contribution in [0.15, 0.2) is 24.3 Å². The molecule has 1 saturated carbocycles. The highest BCUT2D eigenvalue weighted by Crippen LogP contribution is 2.26. The maximum Gasteiger partial charge on any atom is 0.237 e. The van der Waals surface area contributed by atoms with E-state index >= 15 is 0 Å². The van der Waals surface area contributed by atoms with Crippen LogP contribution in [0.2, 0.25) is 5.02 Å². The minimum atomic E-state index is 0.142. The Morgan fingerprint density at radius 2 is 2.09 bits per heavy atom. The lowest BCUT2D eigenvalue weighted by Gasteiger charge is -2.29. The molecule has 0 atom stereocenters. The second kappa shape index (κ2) is 9.13. The Labute approximate surface area is 137 Å². The van der Waals surface area contributed by atoms with Crippen molar-refractivity contribution >= 4 is 17.5 Å². The lowest BCUT2D eigenvalue weighted by molar-refractivity contribution is -0.133. The molecular weight excluding hydrogens is 300 g/mol. The summed E-state index contributed by atoms with van der Waals surface area (Å²) in [7, 11) is 1.66. The first kappa shape index (κ1) is 17.3. The zero-order valence-electron chi connectivity index (χ0n) is 13.2. The number of hydrogen-bond donors (Lipinski definition) is 1. The van der Waals surface area contributed by atoms with Gasteiger partial charge >= 0.3 is 0 Å². The molecule has 1 aromatic carbocycles. The molecule has 5 heteroatoms. The third-order valence-corrected chi connectivity index (χ3v) is 4.51. The van der Waals surface area contributed by atoms with Gasteiger partial charge in [0.2, 0.25) is 5.91 Å². The smallest absolute Gasteiger partial charge is 0.237 e. The molecule has 1 amide bonds. The van der Waals surface area contributed by atoms with Gasteiger partial charge in [0.15, 0.2) is 0 Å². The maximum absolute atomic E-state index is 12.6. The second-order valence-electron chi connectivity index (χ2n) is 5.72. The molecule has 1 aliphatic carbocycles. The van der Waals surface area contributed by atoms with E-state index in [4.69, 9.17) is 16.3 Å². The van der Waals surface area contributed by atoms with E-state index in [0.29, 0.717) is 32.3 Å². The second-order valence-corrected chi connectivity index (χ2v) is 6.13. The number of nitrogens with zero attached hydrogens (tertiary/aromatic N) is 1. The molecule has 1 aromatic rings. The highest BCUT2D eigenvalue weighted by atomic mass is 35.5. The number of rotatable bonds is 8. The van der Waals surface area contributed by atoms with Crippen molar-refractivity contribution < 1.29 is 9.53 Å². The average molecular weight is 325 g/mol. The summed E-state index contributed by atoms with van der Waals surface area (Å²) in [4.78, 5) is 14.6. The number of ether oxygens (including phenoxy) is 1. The SMILES string of the molecule is COCCNCC(=O)N(Cc1ccccc1Cl)C1CCCC1. The van der Waals surface area contributed by atoms with Crippen molar-refractivity contribution in [1.82, 2.24) is 10.2 Å². The molecule has 0 aliphatic heterocycles. The normalized spacial score (nSPS) is 15.2. The standard InChI is InChI=1S/C17H25ClN2O2/c1-22-11-10-19-12-17(21)20(15-7-3-4-8-15)13-14-6-2-5-9-16(14)18/h2,5-6,9,15,19H,3-4,7-8,10-13H2,1H3. The number of hydrogen-bond acceptors (Lipinski definition) is 3. The first-order chi connectivity index (χ1) is 10.7. The van der Waals surface area contributed by atoms with Gasteiger partial charge in [-0.1, -0.05) is 42.6 Å². The van der Waals surface area contributed by atoms with Gasteiger partial charge in [-0.15, -0.1) is 0 Å². The van der Waals surface area contributed by atoms with Gasteiger partial charge in [-0.3, -0.25) is 4.79 Å². The van der Waals surface area contributed by atoms with E-state index < -0.39 is 0 Å². The molecule has 0 aromatic heterocycles. The predicted octanol–water partition coefficient (Wildman–Crippen LogP) is 2.85. The minimum absolute atomic E-state index is 0.142. The number of halogens is 1. The van der Waals surface area contributed by atoms with Crippen molar-refractivity contribution in [1.29, 1.82) is 0 Å². The van der Waals surface area contributed by atoms with E-state index in [2.05, 4.69) is 5.32 Å². The van der Waals surface area contributed by atoms with Gasteiger partial charge in [0, 0.05) is 31.3 Å². The van der Waals surface area contributed by atoms with Crippen LogP contribution in [-0.2, 0) is 16.1 Å². The van der Waals surface area contributed by atoms with Gasteiger partial charge < -0.3 is 15.0 Å². The topological polar surface area (TPSA) is 41.6 Å². The van der Waals surface area contributed by atoms with Crippen molar-refractivity contribution in [2.24, 2.45) is 0 Å². The summed E-state index contributed by atoms with van der Waals surface area (Å²) in [6.45, 7) is 2.24. The van der Waals surface area contributed by atoms with Crippen LogP contribution in [-0.4, -0.2) is 43.7 Å². The van der Waals surface area contributed by atoms with Gasteiger partial charge in [-0.05, 0) is 24.5 Å². The van der Waals surface area contributed by atoms with E-state index in [1.807, 2.05) is 29.2 Å². The fourth-order valence-electron chi connectivity index (χ4n) is 2.92. The Kier molecular flexibility index (Phi) is 7.16. The van der Waals surface area contributed by atoms with Crippen molar-refractivity contribution in [3.63, 3.8) is 0 Å². The molecule has 0 unspecified atom stereocenters. The van der Waals surface area contributed by atoms with Crippen molar-refractivity contribution in [3.05, 3.63) is 34.9 Å². The highest BCUT2D eigenvalue weighted by Gasteiger charge is 2.26. The largest absolute Gasteiger partial charge is 0.383 e. The molecule has 1 fully saturated rings. The van der Waals surface area contributed by atoms with E-state index in [1.54, 1.807) is 7.11 Å². The van der Waals surface area contributed by atoms with Gasteiger partial charge in [0.25, 0.3) is 0 Å². The molecule has 2 rings (SSSR count). The molecule has 0 saturated heterocycles. The Hall–Kier alpha value is -1.10. The molecule has 0 spiro atoms. The summed E-state index contributed by atoms with van der Waals surface area (Å²) in [5.74, 6) is 0.142. The Morgan fingerprint density at radius 3 is 2.77 bits per heavy atom. The fraction of sp³-hybridized carbons (Fsp3) is 0.588. The van der Waals surface area contributed by atoms with E-state index in [9.17, 15) is 4.79 Å². The quantitative estimate of drug-likeness (QED) is 0.748.